The first-order valence-corrected chi connectivity index (χ1v) is 9.36. The summed E-state index contributed by atoms with van der Waals surface area (Å²) in [4.78, 5) is 0. The zero-order valence-corrected chi connectivity index (χ0v) is 14.6. The number of nitrogens with zero attached hydrogens (tertiary/aromatic N) is 2. The molecule has 6 heteroatoms. The van der Waals surface area contributed by atoms with E-state index in [1.54, 1.807) is 6.07 Å². The van der Waals surface area contributed by atoms with Gasteiger partial charge in [0.25, 0.3) is 0 Å². The summed E-state index contributed by atoms with van der Waals surface area (Å²) in [6, 6.07) is 7.97. The number of benzene rings is 1. The molecule has 2 heterocycles. The molecular weight excluding hydrogens is 312 g/mol. The molecule has 0 amide bonds. The van der Waals surface area contributed by atoms with Crippen molar-refractivity contribution in [2.45, 2.75) is 44.9 Å². The van der Waals surface area contributed by atoms with E-state index in [-0.39, 0.29) is 11.2 Å². The van der Waals surface area contributed by atoms with Gasteiger partial charge in [-0.3, -0.25) is 0 Å². The largest absolute Gasteiger partial charge is 0.360 e. The number of fused-ring (bicyclic) bond motifs is 1. The Kier molecular flexibility index (Phi) is 4.06. The summed E-state index contributed by atoms with van der Waals surface area (Å²) in [5.41, 5.74) is 3.73. The second kappa shape index (κ2) is 5.76. The Hall–Kier alpha value is -1.66. The van der Waals surface area contributed by atoms with Crippen LogP contribution in [-0.4, -0.2) is 24.4 Å². The Balaban J connectivity index is 1.80. The molecule has 124 valence electrons. The third-order valence-corrected chi connectivity index (χ3v) is 6.01. The van der Waals surface area contributed by atoms with Crippen molar-refractivity contribution in [2.24, 2.45) is 0 Å². The molecule has 0 aliphatic carbocycles. The number of sulfonamides is 1. The van der Waals surface area contributed by atoms with E-state index < -0.39 is 10.0 Å². The average molecular weight is 334 g/mol. The standard InChI is InChI=1S/C17H22N2O3S/c1-17(2,3)15-5-4-14-11-19(9-7-13(14)10-15)23(20,21)12-16-6-8-18-22-16/h4-6,8,10H,7,9,11-12H2,1-3H3. The van der Waals surface area contributed by atoms with E-state index in [1.807, 2.05) is 0 Å². The lowest BCUT2D eigenvalue weighted by Gasteiger charge is -2.29. The number of hydrogen-bond acceptors (Lipinski definition) is 4. The second-order valence-corrected chi connectivity index (χ2v) is 9.02. The summed E-state index contributed by atoms with van der Waals surface area (Å²) in [6.45, 7) is 7.50. The van der Waals surface area contributed by atoms with Crippen LogP contribution in [0, 0.1) is 0 Å². The minimum Gasteiger partial charge on any atom is -0.360 e. The molecule has 0 N–H and O–H groups in total. The van der Waals surface area contributed by atoms with Gasteiger partial charge >= 0.3 is 0 Å². The van der Waals surface area contributed by atoms with Crippen molar-refractivity contribution in [2.75, 3.05) is 6.54 Å². The van der Waals surface area contributed by atoms with Crippen molar-refractivity contribution in [3.63, 3.8) is 0 Å². The summed E-state index contributed by atoms with van der Waals surface area (Å²) in [5, 5.41) is 3.56. The summed E-state index contributed by atoms with van der Waals surface area (Å²) in [7, 11) is -3.39. The maximum Gasteiger partial charge on any atom is 0.221 e. The topological polar surface area (TPSA) is 63.4 Å². The minimum absolute atomic E-state index is 0.102. The van der Waals surface area contributed by atoms with Crippen LogP contribution in [0.1, 0.15) is 43.2 Å². The molecule has 0 unspecified atom stereocenters. The summed E-state index contributed by atoms with van der Waals surface area (Å²) >= 11 is 0. The van der Waals surface area contributed by atoms with Crippen molar-refractivity contribution in [1.82, 2.24) is 9.46 Å². The highest BCUT2D eigenvalue weighted by Crippen LogP contribution is 2.28. The summed E-state index contributed by atoms with van der Waals surface area (Å²) in [6.07, 6.45) is 2.21. The van der Waals surface area contributed by atoms with Gasteiger partial charge in [0, 0.05) is 19.2 Å². The molecule has 0 fully saturated rings. The Morgan fingerprint density at radius 1 is 1.22 bits per heavy atom. The lowest BCUT2D eigenvalue weighted by molar-refractivity contribution is 0.372. The molecular formula is C17H22N2O3S. The zero-order chi connectivity index (χ0) is 16.7. The van der Waals surface area contributed by atoms with Gasteiger partial charge in [0.2, 0.25) is 10.0 Å². The van der Waals surface area contributed by atoms with Crippen LogP contribution in [0.4, 0.5) is 0 Å². The molecule has 23 heavy (non-hydrogen) atoms. The van der Waals surface area contributed by atoms with Crippen molar-refractivity contribution in [3.8, 4) is 0 Å². The highest BCUT2D eigenvalue weighted by Gasteiger charge is 2.28. The van der Waals surface area contributed by atoms with Crippen LogP contribution in [0.15, 0.2) is 35.0 Å². The lowest BCUT2D eigenvalue weighted by Crippen LogP contribution is -2.36. The number of hydrogen-bond donors (Lipinski definition) is 0. The Labute approximate surface area is 137 Å². The molecule has 1 aromatic carbocycles. The molecule has 1 aliphatic heterocycles. The minimum atomic E-state index is -3.39. The maximum atomic E-state index is 12.5. The third kappa shape index (κ3) is 3.48. The van der Waals surface area contributed by atoms with Crippen LogP contribution in [0.2, 0.25) is 0 Å². The van der Waals surface area contributed by atoms with Gasteiger partial charge < -0.3 is 4.52 Å². The Bertz CT molecular complexity index is 790. The quantitative estimate of drug-likeness (QED) is 0.866. The average Bonchev–Trinajstić information content (AvgIpc) is 2.97. The van der Waals surface area contributed by atoms with Gasteiger partial charge in [-0.05, 0) is 28.5 Å². The Morgan fingerprint density at radius 2 is 2.00 bits per heavy atom. The molecule has 5 nitrogen and oxygen atoms in total. The molecule has 2 aromatic rings. The molecule has 1 aromatic heterocycles. The van der Waals surface area contributed by atoms with Crippen molar-refractivity contribution in [3.05, 3.63) is 52.9 Å². The first-order valence-electron chi connectivity index (χ1n) is 7.75. The van der Waals surface area contributed by atoms with Crippen molar-refractivity contribution < 1.29 is 12.9 Å². The lowest BCUT2D eigenvalue weighted by atomic mass is 9.84. The monoisotopic (exact) mass is 334 g/mol. The Morgan fingerprint density at radius 3 is 2.65 bits per heavy atom. The van der Waals surface area contributed by atoms with Crippen LogP contribution in [0.3, 0.4) is 0 Å². The number of aromatic nitrogens is 1. The van der Waals surface area contributed by atoms with E-state index in [4.69, 9.17) is 4.52 Å². The van der Waals surface area contributed by atoms with E-state index in [0.29, 0.717) is 18.8 Å². The van der Waals surface area contributed by atoms with Crippen LogP contribution in [-0.2, 0) is 34.2 Å². The first-order chi connectivity index (χ1) is 10.8. The molecule has 1 aliphatic rings. The fraction of sp³-hybridized carbons (Fsp3) is 0.471. The van der Waals surface area contributed by atoms with Gasteiger partial charge in [0.15, 0.2) is 5.76 Å². The van der Waals surface area contributed by atoms with E-state index in [1.165, 1.54) is 21.6 Å². The predicted molar refractivity (Wildman–Crippen MR) is 88.4 cm³/mol. The first kappa shape index (κ1) is 16.2. The maximum absolute atomic E-state index is 12.5. The van der Waals surface area contributed by atoms with E-state index in [2.05, 4.69) is 44.1 Å². The normalized spacial score (nSPS) is 16.3. The van der Waals surface area contributed by atoms with Gasteiger partial charge in [-0.15, -0.1) is 0 Å². The van der Waals surface area contributed by atoms with Gasteiger partial charge in [-0.2, -0.15) is 4.31 Å². The molecule has 0 bridgehead atoms. The summed E-state index contributed by atoms with van der Waals surface area (Å²) < 4.78 is 31.5. The van der Waals surface area contributed by atoms with Crippen LogP contribution < -0.4 is 0 Å². The van der Waals surface area contributed by atoms with E-state index >= 15 is 0 Å². The molecule has 0 saturated heterocycles. The van der Waals surface area contributed by atoms with E-state index in [0.717, 1.165) is 12.0 Å². The highest BCUT2D eigenvalue weighted by atomic mass is 32.2. The van der Waals surface area contributed by atoms with Gasteiger partial charge in [-0.1, -0.05) is 44.1 Å². The smallest absolute Gasteiger partial charge is 0.221 e. The zero-order valence-electron chi connectivity index (χ0n) is 13.7. The molecule has 0 atom stereocenters. The second-order valence-electron chi connectivity index (χ2n) is 7.05. The fourth-order valence-corrected chi connectivity index (χ4v) is 4.21. The van der Waals surface area contributed by atoms with Gasteiger partial charge in [-0.25, -0.2) is 8.42 Å². The molecule has 0 spiro atoms. The number of rotatable bonds is 3. The van der Waals surface area contributed by atoms with Gasteiger partial charge in [0.1, 0.15) is 5.75 Å². The highest BCUT2D eigenvalue weighted by molar-refractivity contribution is 7.88. The molecule has 3 rings (SSSR count). The molecule has 0 saturated carbocycles. The van der Waals surface area contributed by atoms with Crippen LogP contribution in [0.5, 0.6) is 0 Å². The SMILES string of the molecule is CC(C)(C)c1ccc2c(c1)CCN(S(=O)(=O)Cc1ccno1)C2. The van der Waals surface area contributed by atoms with Crippen molar-refractivity contribution in [1.29, 1.82) is 0 Å². The van der Waals surface area contributed by atoms with Crippen molar-refractivity contribution >= 4 is 10.0 Å². The van der Waals surface area contributed by atoms with Crippen LogP contribution in [0.25, 0.3) is 0 Å². The predicted octanol–water partition coefficient (Wildman–Crippen LogP) is 2.86. The molecule has 0 radical (unpaired) electrons. The summed E-state index contributed by atoms with van der Waals surface area (Å²) in [5.74, 6) is 0.237. The third-order valence-electron chi connectivity index (χ3n) is 4.26. The van der Waals surface area contributed by atoms with E-state index in [9.17, 15) is 8.42 Å². The fourth-order valence-electron chi connectivity index (χ4n) is 2.82. The van der Waals surface area contributed by atoms with Gasteiger partial charge in [0.05, 0.1) is 6.20 Å². The van der Waals surface area contributed by atoms with Crippen LogP contribution >= 0.6 is 0 Å².